The van der Waals surface area contributed by atoms with Gasteiger partial charge in [-0.15, -0.1) is 0 Å². The fourth-order valence-electron chi connectivity index (χ4n) is 13.3. The predicted octanol–water partition coefficient (Wildman–Crippen LogP) is 1.51. The monoisotopic (exact) mass is 826 g/mol. The van der Waals surface area contributed by atoms with Crippen molar-refractivity contribution in [2.75, 3.05) is 19.8 Å². The number of carbonyl (C=O) groups excluding carboxylic acids is 2. The number of aliphatic hydroxyl groups is 8. The fourth-order valence-corrected chi connectivity index (χ4v) is 13.3. The Kier molecular flexibility index (Phi) is 13.4. The van der Waals surface area contributed by atoms with E-state index in [1.165, 1.54) is 0 Å². The van der Waals surface area contributed by atoms with Gasteiger partial charge in [0.25, 0.3) is 0 Å². The Morgan fingerprint density at radius 1 is 0.879 bits per heavy atom. The van der Waals surface area contributed by atoms with E-state index < -0.39 is 102 Å². The maximum atomic E-state index is 13.8. The van der Waals surface area contributed by atoms with Gasteiger partial charge in [0.1, 0.15) is 42.9 Å². The van der Waals surface area contributed by atoms with Crippen LogP contribution in [-0.2, 0) is 33.3 Å². The van der Waals surface area contributed by atoms with Crippen molar-refractivity contribution in [1.82, 2.24) is 0 Å². The summed E-state index contributed by atoms with van der Waals surface area (Å²) in [6.07, 6.45) is -6.05. The lowest BCUT2D eigenvalue weighted by Gasteiger charge is -2.70. The van der Waals surface area contributed by atoms with Crippen LogP contribution in [0, 0.1) is 45.3 Å². The maximum Gasteiger partial charge on any atom is 0.303 e. The van der Waals surface area contributed by atoms with Gasteiger partial charge in [-0.25, -0.2) is 0 Å². The van der Waals surface area contributed by atoms with Gasteiger partial charge in [0.2, 0.25) is 0 Å². The summed E-state index contributed by atoms with van der Waals surface area (Å²) in [4.78, 5) is 25.3. The first kappa shape index (κ1) is 45.9. The van der Waals surface area contributed by atoms with Crippen molar-refractivity contribution in [3.8, 4) is 0 Å². The summed E-state index contributed by atoms with van der Waals surface area (Å²) in [6.45, 7) is 12.5. The molecule has 0 spiro atoms. The summed E-state index contributed by atoms with van der Waals surface area (Å²) >= 11 is 0. The predicted molar refractivity (Wildman–Crippen MR) is 206 cm³/mol. The highest BCUT2D eigenvalue weighted by Crippen LogP contribution is 2.75. The van der Waals surface area contributed by atoms with Crippen molar-refractivity contribution in [3.05, 3.63) is 11.6 Å². The zero-order chi connectivity index (χ0) is 42.7. The van der Waals surface area contributed by atoms with Crippen LogP contribution < -0.4 is 0 Å². The first-order chi connectivity index (χ1) is 27.1. The Morgan fingerprint density at radius 2 is 1.59 bits per heavy atom. The lowest BCUT2D eigenvalue weighted by atomic mass is 9.34. The summed E-state index contributed by atoms with van der Waals surface area (Å²) < 4.78 is 29.4. The largest absolute Gasteiger partial charge is 0.457 e. The molecule has 0 amide bonds. The molecule has 6 aliphatic rings. The highest BCUT2D eigenvalue weighted by molar-refractivity contribution is 5.66. The van der Waals surface area contributed by atoms with Crippen molar-refractivity contribution < 1.29 is 74.1 Å². The molecule has 58 heavy (non-hydrogen) atoms. The number of hydrogen-bond donors (Lipinski definition) is 8. The first-order valence-electron chi connectivity index (χ1n) is 21.4. The van der Waals surface area contributed by atoms with Crippen molar-refractivity contribution >= 4 is 12.3 Å². The fraction of sp³-hybridized carbons (Fsp3) is 0.907. The number of allylic oxidation sites excluding steroid dienone is 1. The summed E-state index contributed by atoms with van der Waals surface area (Å²) in [5.74, 6) is -0.952. The van der Waals surface area contributed by atoms with Crippen LogP contribution in [0.4, 0.5) is 0 Å². The van der Waals surface area contributed by atoms with Crippen LogP contribution in [0.2, 0.25) is 0 Å². The summed E-state index contributed by atoms with van der Waals surface area (Å²) in [5, 5.41) is 87.6. The Labute approximate surface area is 342 Å². The van der Waals surface area contributed by atoms with Crippen molar-refractivity contribution in [3.63, 3.8) is 0 Å². The smallest absolute Gasteiger partial charge is 0.303 e. The van der Waals surface area contributed by atoms with Gasteiger partial charge >= 0.3 is 5.97 Å². The van der Waals surface area contributed by atoms with Gasteiger partial charge < -0.3 is 69.3 Å². The molecular weight excluding hydrogens is 756 g/mol. The molecule has 0 bridgehead atoms. The molecule has 6 rings (SSSR count). The third-order valence-corrected chi connectivity index (χ3v) is 16.4. The molecule has 2 saturated heterocycles. The third-order valence-electron chi connectivity index (χ3n) is 16.4. The van der Waals surface area contributed by atoms with Gasteiger partial charge in [-0.2, -0.15) is 0 Å². The SMILES string of the molecule is CC(=O)O[C@@H]1CO[C@H](O[C@H]2[C@H](O[C@H]3CC[C@@]4(C)[C@H]5CC[C@H]6[C@H]([C@@](C)(O)CC/C=C(\C)CO)CC[C@@]6(C)[C@@]5(C=O)[C@H](O)C[C@H]4C3(C)C)O[C@@H](CO)[C@@H](O)[C@@H]2O)[C@@H](O)[C@@H]1O. The number of hydrogen-bond acceptors (Lipinski definition) is 15. The molecule has 4 saturated carbocycles. The van der Waals surface area contributed by atoms with E-state index in [9.17, 15) is 50.4 Å². The average Bonchev–Trinajstić information content (AvgIpc) is 3.54. The lowest BCUT2D eigenvalue weighted by molar-refractivity contribution is -0.371. The van der Waals surface area contributed by atoms with Crippen LogP contribution in [0.5, 0.6) is 0 Å². The molecular formula is C43H70O15. The van der Waals surface area contributed by atoms with Gasteiger partial charge in [0, 0.05) is 6.92 Å². The van der Waals surface area contributed by atoms with Gasteiger partial charge in [0.15, 0.2) is 18.7 Å². The maximum absolute atomic E-state index is 13.8. The third kappa shape index (κ3) is 7.54. The van der Waals surface area contributed by atoms with Crippen molar-refractivity contribution in [2.24, 2.45) is 45.3 Å². The number of esters is 1. The molecule has 15 nitrogen and oxygen atoms in total. The number of ether oxygens (including phenoxy) is 5. The number of rotatable bonds is 12. The minimum atomic E-state index is -1.70. The minimum Gasteiger partial charge on any atom is -0.457 e. The topological polar surface area (TPSA) is 242 Å². The second-order valence-corrected chi connectivity index (χ2v) is 19.9. The van der Waals surface area contributed by atoms with Crippen LogP contribution in [-0.4, -0.2) is 146 Å². The van der Waals surface area contributed by atoms with Crippen LogP contribution in [0.25, 0.3) is 0 Å². The van der Waals surface area contributed by atoms with Crippen molar-refractivity contribution in [2.45, 2.75) is 179 Å². The van der Waals surface area contributed by atoms with Gasteiger partial charge in [-0.05, 0) is 112 Å². The summed E-state index contributed by atoms with van der Waals surface area (Å²) in [7, 11) is 0. The van der Waals surface area contributed by atoms with Crippen LogP contribution in [0.1, 0.15) is 106 Å². The zero-order valence-corrected chi connectivity index (χ0v) is 35.2. The van der Waals surface area contributed by atoms with E-state index in [-0.39, 0.29) is 42.3 Å². The Morgan fingerprint density at radius 3 is 2.22 bits per heavy atom. The van der Waals surface area contributed by atoms with E-state index in [1.54, 1.807) is 0 Å². The van der Waals surface area contributed by atoms with Crippen molar-refractivity contribution in [1.29, 1.82) is 0 Å². The van der Waals surface area contributed by atoms with E-state index in [1.807, 2.05) is 19.9 Å². The van der Waals surface area contributed by atoms with Gasteiger partial charge in [0.05, 0.1) is 43.0 Å². The molecule has 0 unspecified atom stereocenters. The molecule has 0 aromatic heterocycles. The minimum absolute atomic E-state index is 0.0220. The molecule has 332 valence electrons. The molecule has 8 N–H and O–H groups in total. The molecule has 4 aliphatic carbocycles. The van der Waals surface area contributed by atoms with Crippen LogP contribution in [0.3, 0.4) is 0 Å². The molecule has 2 heterocycles. The van der Waals surface area contributed by atoms with Gasteiger partial charge in [-0.1, -0.05) is 39.3 Å². The molecule has 0 aromatic rings. The number of aliphatic hydroxyl groups excluding tert-OH is 7. The van der Waals surface area contributed by atoms with Gasteiger partial charge in [-0.3, -0.25) is 4.79 Å². The lowest BCUT2D eigenvalue weighted by Crippen LogP contribution is -2.70. The Bertz CT molecular complexity index is 1500. The van der Waals surface area contributed by atoms with E-state index in [2.05, 4.69) is 27.7 Å². The second-order valence-electron chi connectivity index (χ2n) is 19.9. The molecule has 2 aliphatic heterocycles. The van der Waals surface area contributed by atoms with E-state index in [0.29, 0.717) is 38.5 Å². The highest BCUT2D eigenvalue weighted by atomic mass is 16.8. The van der Waals surface area contributed by atoms with E-state index in [4.69, 9.17) is 23.7 Å². The molecule has 0 aromatic carbocycles. The molecule has 15 heteroatoms. The Hall–Kier alpha value is -1.60. The van der Waals surface area contributed by atoms with Crippen LogP contribution in [0.15, 0.2) is 11.6 Å². The molecule has 19 atom stereocenters. The summed E-state index contributed by atoms with van der Waals surface area (Å²) in [6, 6.07) is 0. The van der Waals surface area contributed by atoms with E-state index >= 15 is 0 Å². The quantitative estimate of drug-likeness (QED) is 0.0602. The second kappa shape index (κ2) is 16.9. The highest BCUT2D eigenvalue weighted by Gasteiger charge is 2.74. The zero-order valence-electron chi connectivity index (χ0n) is 35.2. The van der Waals surface area contributed by atoms with E-state index in [0.717, 1.165) is 38.0 Å². The number of fused-ring (bicyclic) bond motifs is 5. The Balaban J connectivity index is 1.23. The standard InChI is InChI=1S/C43H70O15/c1-22(18-44)9-8-14-42(7,53)25-12-16-41(6)24(25)10-11-28-40(5)15-13-31(39(3,4)29(40)17-30(48)43(28,41)21-46)57-38-36(34(51)32(49)26(19-45)56-38)58-37-35(52)33(50)27(20-54-37)55-23(2)47/h9,21,24-38,44-45,48-53H,8,10-20H2,1-7H3/b22-9+/t24-,25+,26-,27+,28+,29-,30+,31-,32+,33+,34-,35-,36+,37+,38-,40-,41+,42-,43+/m0/s1. The average molecular weight is 827 g/mol. The normalized spacial score (nSPS) is 48.9. The number of aldehydes is 1. The summed E-state index contributed by atoms with van der Waals surface area (Å²) in [5.41, 5.74) is -2.71. The first-order valence-corrected chi connectivity index (χ1v) is 21.4. The molecule has 0 radical (unpaired) electrons. The molecule has 6 fully saturated rings. The van der Waals surface area contributed by atoms with Crippen LogP contribution >= 0.6 is 0 Å². The number of carbonyl (C=O) groups is 2.